The fraction of sp³-hybridized carbons (Fsp3) is 0.581. The fourth-order valence-corrected chi connectivity index (χ4v) is 6.32. The van der Waals surface area contributed by atoms with E-state index in [1.807, 2.05) is 24.3 Å². The van der Waals surface area contributed by atoms with E-state index in [1.54, 1.807) is 0 Å². The molecule has 0 unspecified atom stereocenters. The summed E-state index contributed by atoms with van der Waals surface area (Å²) in [5.74, 6) is 0.911. The lowest BCUT2D eigenvalue weighted by molar-refractivity contribution is -0.903. The summed E-state index contributed by atoms with van der Waals surface area (Å²) in [5.41, 5.74) is 4.59. The van der Waals surface area contributed by atoms with Gasteiger partial charge >= 0.3 is 0 Å². The summed E-state index contributed by atoms with van der Waals surface area (Å²) >= 11 is 0. The molecule has 3 aromatic rings. The Hall–Kier alpha value is -2.50. The van der Waals surface area contributed by atoms with E-state index in [0.717, 1.165) is 47.6 Å². The average molecular weight is 721 g/mol. The Kier molecular flexibility index (Phi) is 22.9. The van der Waals surface area contributed by atoms with Crippen molar-refractivity contribution in [3.05, 3.63) is 90.0 Å². The van der Waals surface area contributed by atoms with Gasteiger partial charge in [0.25, 0.3) is 0 Å². The molecule has 0 radical (unpaired) electrons. The summed E-state index contributed by atoms with van der Waals surface area (Å²) in [6, 6.07) is 27.4. The molecule has 0 aliphatic carbocycles. The van der Waals surface area contributed by atoms with Gasteiger partial charge in [-0.1, -0.05) is 139 Å². The van der Waals surface area contributed by atoms with Crippen molar-refractivity contribution in [2.24, 2.45) is 10.2 Å². The minimum atomic E-state index is 0. The Balaban J connectivity index is 0.00000800. The minimum absolute atomic E-state index is 0. The first kappa shape index (κ1) is 41.7. The van der Waals surface area contributed by atoms with E-state index in [4.69, 9.17) is 4.74 Å². The quantitative estimate of drug-likeness (QED) is 0.0439. The van der Waals surface area contributed by atoms with Crippen molar-refractivity contribution in [3.63, 3.8) is 0 Å². The topological polar surface area (TPSA) is 34.0 Å². The highest BCUT2D eigenvalue weighted by molar-refractivity contribution is 5.43. The number of quaternary nitrogens is 1. The van der Waals surface area contributed by atoms with Gasteiger partial charge in [-0.2, -0.15) is 10.2 Å². The molecule has 0 aliphatic rings. The number of hydrogen-bond donors (Lipinski definition) is 0. The van der Waals surface area contributed by atoms with Crippen LogP contribution in [0.1, 0.15) is 134 Å². The first-order valence-electron chi connectivity index (χ1n) is 19.1. The van der Waals surface area contributed by atoms with Crippen LogP contribution in [0.2, 0.25) is 0 Å². The number of nitrogens with zero attached hydrogens (tertiary/aromatic N) is 3. The second kappa shape index (κ2) is 26.4. The predicted octanol–water partition coefficient (Wildman–Crippen LogP) is 10.3. The van der Waals surface area contributed by atoms with Gasteiger partial charge in [0.2, 0.25) is 0 Å². The largest absolute Gasteiger partial charge is 1.00 e. The molecule has 3 aromatic carbocycles. The lowest BCUT2D eigenvalue weighted by Crippen LogP contribution is -3.00. The molecule has 0 heterocycles. The van der Waals surface area contributed by atoms with E-state index >= 15 is 0 Å². The van der Waals surface area contributed by atoms with E-state index in [0.29, 0.717) is 0 Å². The second-order valence-corrected chi connectivity index (χ2v) is 14.3. The Labute approximate surface area is 305 Å². The zero-order valence-electron chi connectivity index (χ0n) is 30.7. The Bertz CT molecular complexity index is 1190. The number of hydrogen-bond acceptors (Lipinski definition) is 3. The molecule has 0 bridgehead atoms. The molecular weight excluding hydrogens is 654 g/mol. The Morgan fingerprint density at radius 3 is 1.54 bits per heavy atom. The molecule has 0 saturated carbocycles. The third-order valence-corrected chi connectivity index (χ3v) is 9.25. The number of rotatable bonds is 27. The van der Waals surface area contributed by atoms with Gasteiger partial charge in [-0.15, -0.1) is 0 Å². The number of azo groups is 1. The van der Waals surface area contributed by atoms with Crippen molar-refractivity contribution >= 4 is 11.4 Å². The molecule has 48 heavy (non-hydrogen) atoms. The van der Waals surface area contributed by atoms with E-state index in [-0.39, 0.29) is 17.0 Å². The molecule has 3 rings (SSSR count). The summed E-state index contributed by atoms with van der Waals surface area (Å²) in [6.45, 7) is 5.44. The molecule has 0 atom stereocenters. The molecule has 0 aromatic heterocycles. The molecule has 4 nitrogen and oxygen atoms in total. The number of unbranched alkanes of at least 4 members (excludes halogenated alkanes) is 16. The van der Waals surface area contributed by atoms with Crippen molar-refractivity contribution in [1.82, 2.24) is 0 Å². The van der Waals surface area contributed by atoms with Gasteiger partial charge in [0, 0.05) is 5.56 Å². The first-order chi connectivity index (χ1) is 23.0. The van der Waals surface area contributed by atoms with Gasteiger partial charge in [-0.3, -0.25) is 0 Å². The van der Waals surface area contributed by atoms with Gasteiger partial charge in [0.1, 0.15) is 12.3 Å². The summed E-state index contributed by atoms with van der Waals surface area (Å²) in [6.07, 6.45) is 25.3. The lowest BCUT2D eigenvalue weighted by atomic mass is 10.0. The molecular formula is C43H66BrN3O. The molecule has 0 saturated heterocycles. The first-order valence-corrected chi connectivity index (χ1v) is 19.1. The lowest BCUT2D eigenvalue weighted by Gasteiger charge is -2.30. The monoisotopic (exact) mass is 719 g/mol. The molecule has 0 amide bonds. The maximum absolute atomic E-state index is 5.97. The fourth-order valence-electron chi connectivity index (χ4n) is 6.32. The van der Waals surface area contributed by atoms with Crippen LogP contribution < -0.4 is 21.7 Å². The maximum Gasteiger partial charge on any atom is 0.119 e. The van der Waals surface area contributed by atoms with Crippen LogP contribution in [0.15, 0.2) is 89.1 Å². The van der Waals surface area contributed by atoms with E-state index in [9.17, 15) is 0 Å². The van der Waals surface area contributed by atoms with Crippen LogP contribution in [0.25, 0.3) is 0 Å². The third kappa shape index (κ3) is 20.1. The number of halogens is 1. The van der Waals surface area contributed by atoms with Crippen LogP contribution in [-0.4, -0.2) is 31.7 Å². The van der Waals surface area contributed by atoms with Crippen LogP contribution in [0, 0.1) is 0 Å². The standard InChI is InChI=1S/C43H66N3O.BrH/c1-4-5-6-7-8-9-10-13-16-20-25-39-28-30-41(31-29-39)44-45-42-32-34-43(35-33-42)47-37-24-18-15-12-11-14-17-23-36-46(2,3)38-40-26-21-19-22-27-40;/h19,21-22,26-35H,4-18,20,23-25,36-38H2,1-3H3;1H/q+1;/p-1/b45-44+;. The zero-order valence-corrected chi connectivity index (χ0v) is 32.3. The van der Waals surface area contributed by atoms with Crippen molar-refractivity contribution in [2.45, 2.75) is 135 Å². The summed E-state index contributed by atoms with van der Waals surface area (Å²) < 4.78 is 7.05. The second-order valence-electron chi connectivity index (χ2n) is 14.3. The summed E-state index contributed by atoms with van der Waals surface area (Å²) in [5, 5.41) is 8.87. The average Bonchev–Trinajstić information content (AvgIpc) is 3.08. The van der Waals surface area contributed by atoms with Crippen molar-refractivity contribution in [2.75, 3.05) is 27.2 Å². The SMILES string of the molecule is CCCCCCCCCCCCc1ccc(/N=N/c2ccc(OCCCCCCCCCC[N+](C)(C)Cc3ccccc3)cc2)cc1.[Br-]. The van der Waals surface area contributed by atoms with Crippen molar-refractivity contribution in [1.29, 1.82) is 0 Å². The smallest absolute Gasteiger partial charge is 0.119 e. The van der Waals surface area contributed by atoms with E-state index < -0.39 is 0 Å². The van der Waals surface area contributed by atoms with Gasteiger partial charge < -0.3 is 26.2 Å². The van der Waals surface area contributed by atoms with Crippen LogP contribution in [0.3, 0.4) is 0 Å². The molecule has 0 spiro atoms. The van der Waals surface area contributed by atoms with Crippen LogP contribution in [-0.2, 0) is 13.0 Å². The van der Waals surface area contributed by atoms with Gasteiger partial charge in [-0.25, -0.2) is 0 Å². The molecule has 5 heteroatoms. The highest BCUT2D eigenvalue weighted by Gasteiger charge is 2.14. The molecule has 0 fully saturated rings. The van der Waals surface area contributed by atoms with Gasteiger partial charge in [0.05, 0.1) is 38.6 Å². The highest BCUT2D eigenvalue weighted by atomic mass is 79.9. The zero-order chi connectivity index (χ0) is 33.3. The maximum atomic E-state index is 5.97. The van der Waals surface area contributed by atoms with Crippen LogP contribution in [0.5, 0.6) is 5.75 Å². The third-order valence-electron chi connectivity index (χ3n) is 9.25. The minimum Gasteiger partial charge on any atom is -1.00 e. The molecule has 0 aliphatic heterocycles. The summed E-state index contributed by atoms with van der Waals surface area (Å²) in [4.78, 5) is 0. The summed E-state index contributed by atoms with van der Waals surface area (Å²) in [7, 11) is 4.71. The van der Waals surface area contributed by atoms with Crippen LogP contribution >= 0.6 is 0 Å². The molecule has 266 valence electrons. The van der Waals surface area contributed by atoms with E-state index in [1.165, 1.54) is 127 Å². The number of ether oxygens (including phenoxy) is 1. The molecule has 0 N–H and O–H groups in total. The number of benzene rings is 3. The predicted molar refractivity (Wildman–Crippen MR) is 202 cm³/mol. The van der Waals surface area contributed by atoms with Gasteiger partial charge in [0.15, 0.2) is 0 Å². The highest BCUT2D eigenvalue weighted by Crippen LogP contribution is 2.23. The van der Waals surface area contributed by atoms with Crippen LogP contribution in [0.4, 0.5) is 11.4 Å². The van der Waals surface area contributed by atoms with Crippen molar-refractivity contribution < 1.29 is 26.2 Å². The Morgan fingerprint density at radius 1 is 0.500 bits per heavy atom. The van der Waals surface area contributed by atoms with Crippen molar-refractivity contribution in [3.8, 4) is 5.75 Å². The van der Waals surface area contributed by atoms with Gasteiger partial charge in [-0.05, 0) is 74.1 Å². The normalized spacial score (nSPS) is 11.6. The van der Waals surface area contributed by atoms with E-state index in [2.05, 4.69) is 85.8 Å². The number of aryl methyl sites for hydroxylation is 1. The Morgan fingerprint density at radius 2 is 0.979 bits per heavy atom.